The number of fused-ring (bicyclic) bond motifs is 1. The molecule has 0 aliphatic heterocycles. The van der Waals surface area contributed by atoms with Crippen molar-refractivity contribution >= 4 is 15.7 Å². The zero-order chi connectivity index (χ0) is 26.1. The first-order valence-corrected chi connectivity index (χ1v) is 11.5. The largest absolute Gasteiger partial charge is 0.475 e. The lowest BCUT2D eigenvalue weighted by atomic mass is 10.1. The van der Waals surface area contributed by atoms with E-state index in [0.29, 0.717) is 11.5 Å². The summed E-state index contributed by atoms with van der Waals surface area (Å²) in [6, 6.07) is 12.1. The highest BCUT2D eigenvalue weighted by atomic mass is 32.2. The van der Waals surface area contributed by atoms with Gasteiger partial charge in [0.05, 0.1) is 16.0 Å². The molecular formula is C21H15F6N5O3S. The van der Waals surface area contributed by atoms with E-state index in [1.807, 2.05) is 10.8 Å². The minimum absolute atomic E-state index is 0.0529. The fraction of sp³-hybridized carbons (Fsp3) is 0.190. The summed E-state index contributed by atoms with van der Waals surface area (Å²) in [4.78, 5) is -1.18. The molecule has 190 valence electrons. The summed E-state index contributed by atoms with van der Waals surface area (Å²) in [5.74, 6) is 0.471. The summed E-state index contributed by atoms with van der Waals surface area (Å²) < 4.78 is 112. The minimum Gasteiger partial charge on any atom is -0.475 e. The fourth-order valence-electron chi connectivity index (χ4n) is 3.11. The second-order valence-corrected chi connectivity index (χ2v) is 9.09. The quantitative estimate of drug-likeness (QED) is 0.284. The Kier molecular flexibility index (Phi) is 6.62. The van der Waals surface area contributed by atoms with Crippen LogP contribution in [0.2, 0.25) is 0 Å². The number of nitrogens with zero attached hydrogens (tertiary/aromatic N) is 4. The Bertz CT molecular complexity index is 1460. The van der Waals surface area contributed by atoms with Gasteiger partial charge in [-0.05, 0) is 24.3 Å². The van der Waals surface area contributed by atoms with E-state index in [-0.39, 0.29) is 30.7 Å². The van der Waals surface area contributed by atoms with Crippen LogP contribution in [-0.2, 0) is 22.4 Å². The van der Waals surface area contributed by atoms with Gasteiger partial charge in [0.25, 0.3) is 0 Å². The van der Waals surface area contributed by atoms with Crippen molar-refractivity contribution in [1.82, 2.24) is 24.5 Å². The Morgan fingerprint density at radius 2 is 1.50 bits per heavy atom. The molecule has 0 unspecified atom stereocenters. The molecule has 1 N–H and O–H groups in total. The summed E-state index contributed by atoms with van der Waals surface area (Å²) in [5, 5.41) is 12.3. The Morgan fingerprint density at radius 1 is 0.861 bits per heavy atom. The maximum absolute atomic E-state index is 13.0. The van der Waals surface area contributed by atoms with E-state index < -0.39 is 44.9 Å². The van der Waals surface area contributed by atoms with Gasteiger partial charge in [-0.3, -0.25) is 0 Å². The lowest BCUT2D eigenvalue weighted by Crippen LogP contribution is -2.29. The Balaban J connectivity index is 1.47. The molecule has 4 rings (SSSR count). The summed E-state index contributed by atoms with van der Waals surface area (Å²) in [6.07, 6.45) is -10.4. The van der Waals surface area contributed by atoms with E-state index >= 15 is 0 Å². The van der Waals surface area contributed by atoms with Gasteiger partial charge in [-0.15, -0.1) is 15.3 Å². The van der Waals surface area contributed by atoms with Crippen LogP contribution in [-0.4, -0.2) is 41.4 Å². The summed E-state index contributed by atoms with van der Waals surface area (Å²) in [7, 11) is -4.72. The molecule has 2 aromatic carbocycles. The topological polar surface area (TPSA) is 98.5 Å². The summed E-state index contributed by atoms with van der Waals surface area (Å²) in [6.45, 7) is -0.793. The summed E-state index contributed by atoms with van der Waals surface area (Å²) >= 11 is 0. The average molecular weight is 531 g/mol. The van der Waals surface area contributed by atoms with Crippen molar-refractivity contribution in [3.05, 3.63) is 71.8 Å². The number of hydrogen-bond donors (Lipinski definition) is 1. The molecule has 36 heavy (non-hydrogen) atoms. The van der Waals surface area contributed by atoms with Gasteiger partial charge in [0, 0.05) is 18.2 Å². The van der Waals surface area contributed by atoms with Crippen molar-refractivity contribution in [2.45, 2.75) is 17.2 Å². The van der Waals surface area contributed by atoms with Gasteiger partial charge in [0.15, 0.2) is 11.5 Å². The first-order valence-electron chi connectivity index (χ1n) is 10.0. The molecule has 0 radical (unpaired) electrons. The predicted octanol–water partition coefficient (Wildman–Crippen LogP) is 4.19. The zero-order valence-electron chi connectivity index (χ0n) is 17.9. The van der Waals surface area contributed by atoms with E-state index in [9.17, 15) is 34.8 Å². The normalized spacial score (nSPS) is 12.7. The number of aromatic nitrogens is 4. The van der Waals surface area contributed by atoms with E-state index in [1.54, 1.807) is 30.3 Å². The third-order valence-corrected chi connectivity index (χ3v) is 6.23. The molecule has 0 fully saturated rings. The standard InChI is InChI=1S/C21H15F6N5O3S/c22-20(23,24)14-10-15(21(25,26)27)12-16(11-14)36(33,34)28-8-9-35-18-7-6-17-29-30-19(32(17)31-18)13-4-2-1-3-5-13/h1-7,10-12,28H,8-9H2. The second-order valence-electron chi connectivity index (χ2n) is 7.32. The highest BCUT2D eigenvalue weighted by Gasteiger charge is 2.38. The maximum Gasteiger partial charge on any atom is 0.416 e. The van der Waals surface area contributed by atoms with Crippen LogP contribution in [0.15, 0.2) is 65.6 Å². The SMILES string of the molecule is O=S(=O)(NCCOc1ccc2nnc(-c3ccccc3)n2n1)c1cc(C(F)(F)F)cc(C(F)(F)F)c1. The van der Waals surface area contributed by atoms with Gasteiger partial charge < -0.3 is 4.74 Å². The Labute approximate surface area is 199 Å². The molecule has 0 aliphatic carbocycles. The van der Waals surface area contributed by atoms with Crippen molar-refractivity contribution in [2.24, 2.45) is 0 Å². The maximum atomic E-state index is 13.0. The molecular weight excluding hydrogens is 516 g/mol. The van der Waals surface area contributed by atoms with Crippen molar-refractivity contribution in [3.8, 4) is 17.3 Å². The first-order chi connectivity index (χ1) is 16.8. The Morgan fingerprint density at radius 3 is 2.11 bits per heavy atom. The van der Waals surface area contributed by atoms with Crippen LogP contribution < -0.4 is 9.46 Å². The molecule has 4 aromatic rings. The van der Waals surface area contributed by atoms with Gasteiger partial charge in [-0.1, -0.05) is 30.3 Å². The Hall–Kier alpha value is -3.72. The van der Waals surface area contributed by atoms with Crippen LogP contribution in [0.4, 0.5) is 26.3 Å². The number of ether oxygens (including phenoxy) is 1. The molecule has 2 heterocycles. The molecule has 0 aliphatic rings. The van der Waals surface area contributed by atoms with Crippen molar-refractivity contribution < 1.29 is 39.5 Å². The fourth-order valence-corrected chi connectivity index (χ4v) is 4.20. The molecule has 0 saturated heterocycles. The molecule has 2 aromatic heterocycles. The molecule has 0 bridgehead atoms. The second kappa shape index (κ2) is 9.39. The van der Waals surface area contributed by atoms with Crippen LogP contribution in [0.5, 0.6) is 5.88 Å². The number of hydrogen-bond acceptors (Lipinski definition) is 6. The van der Waals surface area contributed by atoms with Crippen molar-refractivity contribution in [3.63, 3.8) is 0 Å². The zero-order valence-corrected chi connectivity index (χ0v) is 18.7. The van der Waals surface area contributed by atoms with Gasteiger partial charge in [0.1, 0.15) is 6.61 Å². The van der Waals surface area contributed by atoms with Crippen LogP contribution in [0.25, 0.3) is 17.0 Å². The van der Waals surface area contributed by atoms with Crippen LogP contribution in [0.3, 0.4) is 0 Å². The monoisotopic (exact) mass is 531 g/mol. The third-order valence-electron chi connectivity index (χ3n) is 4.79. The van der Waals surface area contributed by atoms with Gasteiger partial charge in [-0.2, -0.15) is 30.9 Å². The number of rotatable bonds is 7. The molecule has 0 amide bonds. The molecule has 0 spiro atoms. The van der Waals surface area contributed by atoms with Gasteiger partial charge >= 0.3 is 12.4 Å². The molecule has 15 heteroatoms. The average Bonchev–Trinajstić information content (AvgIpc) is 3.24. The first kappa shape index (κ1) is 25.4. The molecule has 8 nitrogen and oxygen atoms in total. The third kappa shape index (κ3) is 5.57. The van der Waals surface area contributed by atoms with Gasteiger partial charge in [-0.25, -0.2) is 13.1 Å². The predicted molar refractivity (Wildman–Crippen MR) is 113 cm³/mol. The van der Waals surface area contributed by atoms with E-state index in [4.69, 9.17) is 4.74 Å². The van der Waals surface area contributed by atoms with Crippen LogP contribution >= 0.6 is 0 Å². The molecule has 0 saturated carbocycles. The minimum atomic E-state index is -5.18. The number of halogens is 6. The number of alkyl halides is 6. The van der Waals surface area contributed by atoms with E-state index in [1.165, 1.54) is 10.6 Å². The van der Waals surface area contributed by atoms with Gasteiger partial charge in [0.2, 0.25) is 15.9 Å². The number of nitrogens with one attached hydrogen (secondary N) is 1. The van der Waals surface area contributed by atoms with Crippen LogP contribution in [0, 0.1) is 0 Å². The number of sulfonamides is 1. The number of benzene rings is 2. The van der Waals surface area contributed by atoms with E-state index in [2.05, 4.69) is 15.3 Å². The van der Waals surface area contributed by atoms with Crippen molar-refractivity contribution in [1.29, 1.82) is 0 Å². The highest BCUT2D eigenvalue weighted by molar-refractivity contribution is 7.89. The van der Waals surface area contributed by atoms with Crippen LogP contribution in [0.1, 0.15) is 11.1 Å². The lowest BCUT2D eigenvalue weighted by molar-refractivity contribution is -0.143. The smallest absolute Gasteiger partial charge is 0.416 e. The van der Waals surface area contributed by atoms with Crippen molar-refractivity contribution in [2.75, 3.05) is 13.2 Å². The lowest BCUT2D eigenvalue weighted by Gasteiger charge is -2.15. The summed E-state index contributed by atoms with van der Waals surface area (Å²) in [5.41, 5.74) is -2.35. The highest BCUT2D eigenvalue weighted by Crippen LogP contribution is 2.37. The van der Waals surface area contributed by atoms with E-state index in [0.717, 1.165) is 5.56 Å². The molecule has 0 atom stereocenters.